The van der Waals surface area contributed by atoms with Crippen LogP contribution in [0.4, 0.5) is 19.0 Å². The largest absolute Gasteiger partial charge is 0.435 e. The first-order valence-corrected chi connectivity index (χ1v) is 9.68. The molecule has 0 radical (unpaired) electrons. The number of anilines is 1. The summed E-state index contributed by atoms with van der Waals surface area (Å²) in [6.07, 6.45) is -3.92. The van der Waals surface area contributed by atoms with Gasteiger partial charge >= 0.3 is 6.18 Å². The lowest BCUT2D eigenvalue weighted by Gasteiger charge is -2.30. The average molecular weight is 447 g/mol. The molecule has 3 rings (SSSR count). The Labute approximate surface area is 175 Å². The first kappa shape index (κ1) is 21.5. The summed E-state index contributed by atoms with van der Waals surface area (Å²) in [6.45, 7) is 5.40. The molecule has 29 heavy (non-hydrogen) atoms. The van der Waals surface area contributed by atoms with Crippen LogP contribution in [0.15, 0.2) is 35.5 Å². The van der Waals surface area contributed by atoms with Crippen molar-refractivity contribution in [2.24, 2.45) is 0 Å². The molecule has 10 heteroatoms. The van der Waals surface area contributed by atoms with Gasteiger partial charge in [-0.1, -0.05) is 36.2 Å². The minimum Gasteiger partial charge on any atom is -0.350 e. The van der Waals surface area contributed by atoms with Gasteiger partial charge in [0.05, 0.1) is 15.6 Å². The molecule has 1 aromatic heterocycles. The SMILES string of the molecule is CCC(C)NC(=O)C1=C(C)Nc2cc(C(F)(F)F)nn2C1c1ccc(Cl)c(Cl)c1. The second kappa shape index (κ2) is 7.91. The Bertz CT molecular complexity index is 984. The monoisotopic (exact) mass is 446 g/mol. The highest BCUT2D eigenvalue weighted by Gasteiger charge is 2.39. The van der Waals surface area contributed by atoms with Crippen molar-refractivity contribution in [3.05, 3.63) is 56.8 Å². The number of aromatic nitrogens is 2. The predicted octanol–water partition coefficient (Wildman–Crippen LogP) is 5.41. The molecule has 2 aromatic rings. The lowest BCUT2D eigenvalue weighted by atomic mass is 9.94. The van der Waals surface area contributed by atoms with E-state index in [1.807, 2.05) is 13.8 Å². The summed E-state index contributed by atoms with van der Waals surface area (Å²) in [5.74, 6) is -0.263. The highest BCUT2D eigenvalue weighted by molar-refractivity contribution is 6.42. The maximum Gasteiger partial charge on any atom is 0.435 e. The van der Waals surface area contributed by atoms with Crippen LogP contribution in [0.25, 0.3) is 0 Å². The fourth-order valence-electron chi connectivity index (χ4n) is 3.10. The third kappa shape index (κ3) is 4.23. The Hall–Kier alpha value is -2.19. The molecule has 1 aliphatic heterocycles. The Morgan fingerprint density at radius 3 is 2.59 bits per heavy atom. The number of hydrogen-bond donors (Lipinski definition) is 2. The summed E-state index contributed by atoms with van der Waals surface area (Å²) in [6, 6.07) is 4.59. The van der Waals surface area contributed by atoms with Gasteiger partial charge in [-0.3, -0.25) is 4.79 Å². The predicted molar refractivity (Wildman–Crippen MR) is 106 cm³/mol. The number of carbonyl (C=O) groups excluding carboxylic acids is 1. The Morgan fingerprint density at radius 1 is 1.31 bits per heavy atom. The van der Waals surface area contributed by atoms with E-state index in [2.05, 4.69) is 15.7 Å². The molecule has 0 aliphatic carbocycles. The van der Waals surface area contributed by atoms with Gasteiger partial charge in [0.25, 0.3) is 5.91 Å². The van der Waals surface area contributed by atoms with Gasteiger partial charge in [0, 0.05) is 17.8 Å². The quantitative estimate of drug-likeness (QED) is 0.659. The molecule has 2 unspecified atom stereocenters. The van der Waals surface area contributed by atoms with E-state index >= 15 is 0 Å². The average Bonchev–Trinajstić information content (AvgIpc) is 3.06. The summed E-state index contributed by atoms with van der Waals surface area (Å²) < 4.78 is 40.9. The van der Waals surface area contributed by atoms with Crippen molar-refractivity contribution in [3.8, 4) is 0 Å². The molecule has 0 saturated heterocycles. The van der Waals surface area contributed by atoms with Gasteiger partial charge in [0.15, 0.2) is 5.69 Å². The molecule has 0 fully saturated rings. The minimum atomic E-state index is -4.62. The molecule has 0 spiro atoms. The first-order valence-electron chi connectivity index (χ1n) is 8.93. The van der Waals surface area contributed by atoms with Crippen LogP contribution in [0, 0.1) is 0 Å². The molecule has 1 aliphatic rings. The van der Waals surface area contributed by atoms with Crippen LogP contribution in [-0.2, 0) is 11.0 Å². The van der Waals surface area contributed by atoms with Crippen molar-refractivity contribution in [2.75, 3.05) is 5.32 Å². The molecule has 2 atom stereocenters. The maximum atomic E-state index is 13.3. The summed E-state index contributed by atoms with van der Waals surface area (Å²) >= 11 is 12.1. The topological polar surface area (TPSA) is 59.0 Å². The molecular formula is C19H19Cl2F3N4O. The molecule has 1 aromatic carbocycles. The number of fused-ring (bicyclic) bond motifs is 1. The summed E-state index contributed by atoms with van der Waals surface area (Å²) in [4.78, 5) is 13.0. The number of hydrogen-bond acceptors (Lipinski definition) is 3. The standard InChI is InChI=1S/C19H19Cl2F3N4O/c1-4-9(2)25-18(29)16-10(3)26-15-8-14(19(22,23)24)27-28(15)17(16)11-5-6-12(20)13(21)7-11/h5-9,17,26H,4H2,1-3H3,(H,25,29). The third-order valence-electron chi connectivity index (χ3n) is 4.76. The van der Waals surface area contributed by atoms with Crippen molar-refractivity contribution in [1.82, 2.24) is 15.1 Å². The number of allylic oxidation sites excluding steroid dienone is 1. The summed E-state index contributed by atoms with van der Waals surface area (Å²) in [7, 11) is 0. The zero-order valence-electron chi connectivity index (χ0n) is 15.9. The van der Waals surface area contributed by atoms with Crippen LogP contribution in [0.5, 0.6) is 0 Å². The van der Waals surface area contributed by atoms with Crippen LogP contribution in [-0.4, -0.2) is 21.7 Å². The van der Waals surface area contributed by atoms with Gasteiger partial charge in [0.2, 0.25) is 0 Å². The normalized spacial score (nSPS) is 17.6. The van der Waals surface area contributed by atoms with E-state index in [0.717, 1.165) is 10.7 Å². The van der Waals surface area contributed by atoms with Crippen LogP contribution in [0.2, 0.25) is 10.0 Å². The van der Waals surface area contributed by atoms with E-state index in [4.69, 9.17) is 23.2 Å². The molecule has 2 heterocycles. The van der Waals surface area contributed by atoms with E-state index < -0.39 is 23.8 Å². The molecule has 0 bridgehead atoms. The fourth-order valence-corrected chi connectivity index (χ4v) is 3.40. The second-order valence-corrected chi connectivity index (χ2v) is 7.69. The third-order valence-corrected chi connectivity index (χ3v) is 5.50. The summed E-state index contributed by atoms with van der Waals surface area (Å²) in [5, 5.41) is 9.99. The molecule has 1 amide bonds. The highest BCUT2D eigenvalue weighted by Crippen LogP contribution is 2.40. The van der Waals surface area contributed by atoms with Crippen LogP contribution < -0.4 is 10.6 Å². The van der Waals surface area contributed by atoms with E-state index in [9.17, 15) is 18.0 Å². The number of alkyl halides is 3. The molecule has 2 N–H and O–H groups in total. The van der Waals surface area contributed by atoms with Gasteiger partial charge in [-0.25, -0.2) is 4.68 Å². The molecular weight excluding hydrogens is 428 g/mol. The van der Waals surface area contributed by atoms with Gasteiger partial charge in [0.1, 0.15) is 11.9 Å². The van der Waals surface area contributed by atoms with Crippen molar-refractivity contribution < 1.29 is 18.0 Å². The zero-order chi connectivity index (χ0) is 21.5. The Morgan fingerprint density at radius 2 is 2.00 bits per heavy atom. The second-order valence-electron chi connectivity index (χ2n) is 6.88. The highest BCUT2D eigenvalue weighted by atomic mass is 35.5. The van der Waals surface area contributed by atoms with E-state index in [1.54, 1.807) is 13.0 Å². The number of rotatable bonds is 4. The first-order chi connectivity index (χ1) is 13.5. The number of nitrogens with one attached hydrogen (secondary N) is 2. The number of benzene rings is 1. The van der Waals surface area contributed by atoms with Crippen molar-refractivity contribution in [1.29, 1.82) is 0 Å². The van der Waals surface area contributed by atoms with Crippen molar-refractivity contribution >= 4 is 34.9 Å². The lowest BCUT2D eigenvalue weighted by molar-refractivity contribution is -0.141. The van der Waals surface area contributed by atoms with Crippen LogP contribution in [0.1, 0.15) is 44.5 Å². The number of halogens is 5. The number of amides is 1. The van der Waals surface area contributed by atoms with Crippen LogP contribution >= 0.6 is 23.2 Å². The van der Waals surface area contributed by atoms with E-state index in [-0.39, 0.29) is 22.5 Å². The number of carbonyl (C=O) groups is 1. The Kier molecular flexibility index (Phi) is 5.87. The van der Waals surface area contributed by atoms with Gasteiger partial charge in [-0.2, -0.15) is 18.3 Å². The Balaban J connectivity index is 2.17. The van der Waals surface area contributed by atoms with Gasteiger partial charge < -0.3 is 10.6 Å². The van der Waals surface area contributed by atoms with Gasteiger partial charge in [-0.15, -0.1) is 0 Å². The van der Waals surface area contributed by atoms with Crippen molar-refractivity contribution in [2.45, 2.75) is 45.5 Å². The molecule has 156 valence electrons. The van der Waals surface area contributed by atoms with Crippen LogP contribution in [0.3, 0.4) is 0 Å². The molecule has 5 nitrogen and oxygen atoms in total. The molecule has 0 saturated carbocycles. The zero-order valence-corrected chi connectivity index (χ0v) is 17.4. The minimum absolute atomic E-state index is 0.109. The van der Waals surface area contributed by atoms with E-state index in [1.165, 1.54) is 12.1 Å². The maximum absolute atomic E-state index is 13.3. The van der Waals surface area contributed by atoms with Crippen molar-refractivity contribution in [3.63, 3.8) is 0 Å². The smallest absolute Gasteiger partial charge is 0.350 e. The van der Waals surface area contributed by atoms with Gasteiger partial charge in [-0.05, 0) is 38.0 Å². The van der Waals surface area contributed by atoms with E-state index in [0.29, 0.717) is 22.7 Å². The number of nitrogens with zero attached hydrogens (tertiary/aromatic N) is 2. The fraction of sp³-hybridized carbons (Fsp3) is 0.368. The summed E-state index contributed by atoms with van der Waals surface area (Å²) in [5.41, 5.74) is 0.130. The lowest BCUT2D eigenvalue weighted by Crippen LogP contribution is -2.38.